The number of carbonyl (C=O) groups is 2. The van der Waals surface area contributed by atoms with Gasteiger partial charge in [-0.15, -0.1) is 8.78 Å². The molecule has 0 atom stereocenters. The number of anilines is 1. The lowest BCUT2D eigenvalue weighted by molar-refractivity contribution is -0.286. The Morgan fingerprint density at radius 3 is 2.68 bits per heavy atom. The molecule has 28 heavy (non-hydrogen) atoms. The van der Waals surface area contributed by atoms with Crippen LogP contribution in [0.3, 0.4) is 0 Å². The highest BCUT2D eigenvalue weighted by Crippen LogP contribution is 2.42. The molecule has 3 aromatic rings. The van der Waals surface area contributed by atoms with Crippen molar-refractivity contribution in [3.8, 4) is 11.5 Å². The lowest BCUT2D eigenvalue weighted by Gasteiger charge is -2.07. The summed E-state index contributed by atoms with van der Waals surface area (Å²) in [5.41, 5.74) is 0.875. The van der Waals surface area contributed by atoms with Gasteiger partial charge in [0.2, 0.25) is 0 Å². The van der Waals surface area contributed by atoms with E-state index >= 15 is 0 Å². The Morgan fingerprint density at radius 2 is 1.82 bits per heavy atom. The van der Waals surface area contributed by atoms with E-state index in [9.17, 15) is 18.4 Å². The van der Waals surface area contributed by atoms with Crippen molar-refractivity contribution < 1.29 is 32.6 Å². The average Bonchev–Trinajstić information content (AvgIpc) is 2.98. The molecule has 1 aromatic heterocycles. The first kappa shape index (κ1) is 17.7. The Labute approximate surface area is 156 Å². The van der Waals surface area contributed by atoms with Crippen LogP contribution in [0.15, 0.2) is 54.6 Å². The van der Waals surface area contributed by atoms with Crippen molar-refractivity contribution in [3.63, 3.8) is 0 Å². The first-order valence-electron chi connectivity index (χ1n) is 8.12. The van der Waals surface area contributed by atoms with Crippen molar-refractivity contribution in [2.75, 3.05) is 11.9 Å². The minimum absolute atomic E-state index is 0.0665. The van der Waals surface area contributed by atoms with Gasteiger partial charge >= 0.3 is 12.3 Å². The van der Waals surface area contributed by atoms with Crippen LogP contribution in [0, 0.1) is 0 Å². The standard InChI is InChI=1S/C19H12F2N2O5/c20-19(21)27-15-8-6-12(9-16(15)28-19)22-17(24)10-26-18(25)14-7-5-11-3-1-2-4-13(11)23-14/h1-9H,10H2,(H,22,24). The molecular weight excluding hydrogens is 374 g/mol. The summed E-state index contributed by atoms with van der Waals surface area (Å²) in [6, 6.07) is 14.2. The third-order valence-corrected chi connectivity index (χ3v) is 3.83. The maximum Gasteiger partial charge on any atom is 0.586 e. The highest BCUT2D eigenvalue weighted by atomic mass is 19.3. The van der Waals surface area contributed by atoms with E-state index in [-0.39, 0.29) is 22.9 Å². The van der Waals surface area contributed by atoms with Crippen LogP contribution in [0.2, 0.25) is 0 Å². The summed E-state index contributed by atoms with van der Waals surface area (Å²) in [7, 11) is 0. The number of nitrogens with one attached hydrogen (secondary N) is 1. The van der Waals surface area contributed by atoms with E-state index in [2.05, 4.69) is 19.8 Å². The zero-order chi connectivity index (χ0) is 19.7. The zero-order valence-electron chi connectivity index (χ0n) is 14.1. The number of hydrogen-bond acceptors (Lipinski definition) is 6. The zero-order valence-corrected chi connectivity index (χ0v) is 14.1. The number of amides is 1. The molecule has 1 aliphatic rings. The molecule has 0 spiro atoms. The fourth-order valence-electron chi connectivity index (χ4n) is 2.61. The molecule has 1 aliphatic heterocycles. The number of alkyl halides is 2. The van der Waals surface area contributed by atoms with Crippen molar-refractivity contribution in [1.29, 1.82) is 0 Å². The number of pyridine rings is 1. The van der Waals surface area contributed by atoms with Gasteiger partial charge in [0.1, 0.15) is 5.69 Å². The van der Waals surface area contributed by atoms with Crippen molar-refractivity contribution >= 4 is 28.5 Å². The fourth-order valence-corrected chi connectivity index (χ4v) is 2.61. The molecule has 0 radical (unpaired) electrons. The van der Waals surface area contributed by atoms with Gasteiger partial charge in [-0.1, -0.05) is 24.3 Å². The smallest absolute Gasteiger partial charge is 0.451 e. The lowest BCUT2D eigenvalue weighted by Crippen LogP contribution is -2.25. The molecule has 4 rings (SSSR count). The summed E-state index contributed by atoms with van der Waals surface area (Å²) in [6.45, 7) is -0.571. The molecule has 0 saturated carbocycles. The summed E-state index contributed by atoms with van der Waals surface area (Å²) in [5, 5.41) is 3.28. The maximum atomic E-state index is 13.0. The maximum absolute atomic E-state index is 13.0. The van der Waals surface area contributed by atoms with E-state index in [1.54, 1.807) is 18.2 Å². The quantitative estimate of drug-likeness (QED) is 0.692. The summed E-state index contributed by atoms with van der Waals surface area (Å²) >= 11 is 0. The molecular formula is C19H12F2N2O5. The van der Waals surface area contributed by atoms with Crippen molar-refractivity contribution in [2.24, 2.45) is 0 Å². The molecule has 0 bridgehead atoms. The summed E-state index contributed by atoms with van der Waals surface area (Å²) in [5.74, 6) is -1.76. The Bertz CT molecular complexity index is 1090. The third kappa shape index (κ3) is 3.68. The fraction of sp³-hybridized carbons (Fsp3) is 0.105. The van der Waals surface area contributed by atoms with E-state index in [0.717, 1.165) is 5.39 Å². The van der Waals surface area contributed by atoms with Crippen molar-refractivity contribution in [1.82, 2.24) is 4.98 Å². The summed E-state index contributed by atoms with van der Waals surface area (Å²) < 4.78 is 39.5. The number of fused-ring (bicyclic) bond motifs is 2. The van der Waals surface area contributed by atoms with Crippen LogP contribution in [0.4, 0.5) is 14.5 Å². The minimum atomic E-state index is -3.74. The van der Waals surface area contributed by atoms with E-state index in [4.69, 9.17) is 4.74 Å². The van der Waals surface area contributed by atoms with Crippen LogP contribution < -0.4 is 14.8 Å². The van der Waals surface area contributed by atoms with Gasteiger partial charge in [-0.2, -0.15) is 0 Å². The van der Waals surface area contributed by atoms with Crippen LogP contribution in [-0.4, -0.2) is 29.8 Å². The second kappa shape index (κ2) is 6.76. The highest BCUT2D eigenvalue weighted by Gasteiger charge is 2.43. The topological polar surface area (TPSA) is 86.8 Å². The largest absolute Gasteiger partial charge is 0.586 e. The van der Waals surface area contributed by atoms with Gasteiger partial charge in [-0.25, -0.2) is 9.78 Å². The second-order valence-electron chi connectivity index (χ2n) is 5.84. The Morgan fingerprint density at radius 1 is 1.04 bits per heavy atom. The van der Waals surface area contributed by atoms with Crippen LogP contribution in [-0.2, 0) is 9.53 Å². The van der Waals surface area contributed by atoms with Crippen LogP contribution in [0.1, 0.15) is 10.5 Å². The second-order valence-corrected chi connectivity index (χ2v) is 5.84. The van der Waals surface area contributed by atoms with Gasteiger partial charge in [0.05, 0.1) is 5.52 Å². The van der Waals surface area contributed by atoms with Gasteiger partial charge in [0.15, 0.2) is 18.1 Å². The first-order valence-corrected chi connectivity index (χ1v) is 8.12. The van der Waals surface area contributed by atoms with E-state index in [1.807, 2.05) is 12.1 Å². The van der Waals surface area contributed by atoms with Gasteiger partial charge in [-0.05, 0) is 24.3 Å². The average molecular weight is 386 g/mol. The lowest BCUT2D eigenvalue weighted by atomic mass is 10.2. The van der Waals surface area contributed by atoms with Crippen molar-refractivity contribution in [2.45, 2.75) is 6.29 Å². The molecule has 7 nitrogen and oxygen atoms in total. The molecule has 142 valence electrons. The van der Waals surface area contributed by atoms with Crippen LogP contribution >= 0.6 is 0 Å². The molecule has 2 heterocycles. The number of aromatic nitrogens is 1. The molecule has 0 unspecified atom stereocenters. The van der Waals surface area contributed by atoms with Gasteiger partial charge in [0.25, 0.3) is 5.91 Å². The number of carbonyl (C=O) groups excluding carboxylic acids is 2. The molecule has 1 amide bonds. The minimum Gasteiger partial charge on any atom is -0.451 e. The van der Waals surface area contributed by atoms with Gasteiger partial charge in [0, 0.05) is 17.1 Å². The molecule has 1 N–H and O–H groups in total. The number of esters is 1. The van der Waals surface area contributed by atoms with E-state index in [1.165, 1.54) is 24.3 Å². The number of benzene rings is 2. The Hall–Kier alpha value is -3.75. The van der Waals surface area contributed by atoms with E-state index in [0.29, 0.717) is 5.52 Å². The Kier molecular flexibility index (Phi) is 4.26. The Balaban J connectivity index is 1.36. The molecule has 0 fully saturated rings. The number of para-hydroxylation sites is 1. The predicted octanol–water partition coefficient (Wildman–Crippen LogP) is 3.35. The van der Waals surface area contributed by atoms with Crippen LogP contribution in [0.25, 0.3) is 10.9 Å². The number of halogens is 2. The predicted molar refractivity (Wildman–Crippen MR) is 93.3 cm³/mol. The highest BCUT2D eigenvalue weighted by molar-refractivity contribution is 5.96. The summed E-state index contributed by atoms with van der Waals surface area (Å²) in [6.07, 6.45) is -3.74. The third-order valence-electron chi connectivity index (χ3n) is 3.83. The normalized spacial score (nSPS) is 13.9. The molecule has 0 aliphatic carbocycles. The molecule has 9 heteroatoms. The molecule has 2 aromatic carbocycles. The molecule has 0 saturated heterocycles. The van der Waals surface area contributed by atoms with E-state index < -0.39 is 24.8 Å². The first-order chi connectivity index (χ1) is 13.4. The summed E-state index contributed by atoms with van der Waals surface area (Å²) in [4.78, 5) is 28.2. The SMILES string of the molecule is O=C(COC(=O)c1ccc2ccccc2n1)Nc1ccc2c(c1)OC(F)(F)O2. The monoisotopic (exact) mass is 386 g/mol. The number of hydrogen-bond donors (Lipinski definition) is 1. The van der Waals surface area contributed by atoms with Gasteiger partial charge < -0.3 is 19.5 Å². The number of ether oxygens (including phenoxy) is 3. The van der Waals surface area contributed by atoms with Crippen LogP contribution in [0.5, 0.6) is 11.5 Å². The van der Waals surface area contributed by atoms with Gasteiger partial charge in [-0.3, -0.25) is 4.79 Å². The number of rotatable bonds is 4. The van der Waals surface area contributed by atoms with Crippen molar-refractivity contribution in [3.05, 3.63) is 60.3 Å². The number of nitrogens with zero attached hydrogens (tertiary/aromatic N) is 1.